The smallest absolute Gasteiger partial charge is 0.242 e. The van der Waals surface area contributed by atoms with E-state index in [1.807, 2.05) is 39.9 Å². The summed E-state index contributed by atoms with van der Waals surface area (Å²) in [5.74, 6) is 0.149. The second kappa shape index (κ2) is 5.29. The molecule has 0 saturated carbocycles. The van der Waals surface area contributed by atoms with Crippen LogP contribution in [0.3, 0.4) is 0 Å². The zero-order valence-electron chi connectivity index (χ0n) is 12.2. The average Bonchev–Trinajstić information content (AvgIpc) is 3.28. The van der Waals surface area contributed by atoms with Gasteiger partial charge in [-0.2, -0.15) is 15.0 Å². The molecular formula is C16H17N5O. The van der Waals surface area contributed by atoms with Crippen molar-refractivity contribution in [1.82, 2.24) is 24.5 Å². The highest BCUT2D eigenvalue weighted by molar-refractivity contribution is 5.83. The number of aromatic nitrogens is 4. The van der Waals surface area contributed by atoms with Crippen LogP contribution in [0.25, 0.3) is 10.9 Å². The van der Waals surface area contributed by atoms with E-state index in [2.05, 4.69) is 16.3 Å². The highest BCUT2D eigenvalue weighted by Gasteiger charge is 2.28. The third kappa shape index (κ3) is 2.26. The molecule has 1 fully saturated rings. The molecular weight excluding hydrogens is 278 g/mol. The predicted molar refractivity (Wildman–Crippen MR) is 82.2 cm³/mol. The molecule has 3 heterocycles. The lowest BCUT2D eigenvalue weighted by Crippen LogP contribution is -2.32. The topological polar surface area (TPSA) is 56.0 Å². The van der Waals surface area contributed by atoms with Crippen LogP contribution in [0.4, 0.5) is 0 Å². The first-order chi connectivity index (χ1) is 10.8. The Bertz CT molecular complexity index is 792. The lowest BCUT2D eigenvalue weighted by molar-refractivity contribution is -0.130. The lowest BCUT2D eigenvalue weighted by Gasteiger charge is -2.17. The van der Waals surface area contributed by atoms with Gasteiger partial charge in [0, 0.05) is 24.8 Å². The van der Waals surface area contributed by atoms with Crippen LogP contribution in [-0.2, 0) is 11.3 Å². The number of rotatable bonds is 3. The molecule has 1 aliphatic rings. The van der Waals surface area contributed by atoms with Gasteiger partial charge in [-0.25, -0.2) is 0 Å². The fourth-order valence-electron chi connectivity index (χ4n) is 3.10. The molecule has 22 heavy (non-hydrogen) atoms. The van der Waals surface area contributed by atoms with E-state index in [0.29, 0.717) is 13.1 Å². The Kier molecular flexibility index (Phi) is 3.14. The molecule has 112 valence electrons. The fraction of sp³-hybridized carbons (Fsp3) is 0.312. The van der Waals surface area contributed by atoms with Crippen LogP contribution in [0.1, 0.15) is 12.5 Å². The zero-order chi connectivity index (χ0) is 14.9. The first-order valence-electron chi connectivity index (χ1n) is 7.49. The predicted octanol–water partition coefficient (Wildman–Crippen LogP) is 1.71. The second-order valence-corrected chi connectivity index (χ2v) is 5.63. The van der Waals surface area contributed by atoms with Gasteiger partial charge in [-0.15, -0.1) is 0 Å². The third-order valence-corrected chi connectivity index (χ3v) is 4.27. The molecule has 1 aliphatic heterocycles. The second-order valence-electron chi connectivity index (χ2n) is 5.63. The number of carbonyl (C=O) groups excluding carboxylic acids is 1. The molecule has 0 unspecified atom stereocenters. The van der Waals surface area contributed by atoms with Crippen molar-refractivity contribution in [2.75, 3.05) is 13.1 Å². The van der Waals surface area contributed by atoms with E-state index in [9.17, 15) is 4.79 Å². The van der Waals surface area contributed by atoms with E-state index >= 15 is 0 Å². The van der Waals surface area contributed by atoms with Gasteiger partial charge < -0.3 is 9.47 Å². The van der Waals surface area contributed by atoms with Crippen molar-refractivity contribution < 1.29 is 4.79 Å². The van der Waals surface area contributed by atoms with Gasteiger partial charge in [0.2, 0.25) is 5.91 Å². The SMILES string of the molecule is O=C(Cn1ccc2ccccc21)N1CC[C@@H](n2nccn2)C1. The van der Waals surface area contributed by atoms with Crippen molar-refractivity contribution >= 4 is 16.8 Å². The molecule has 2 aromatic heterocycles. The highest BCUT2D eigenvalue weighted by Crippen LogP contribution is 2.21. The number of amides is 1. The quantitative estimate of drug-likeness (QED) is 0.739. The van der Waals surface area contributed by atoms with Crippen molar-refractivity contribution in [3.05, 3.63) is 48.9 Å². The molecule has 0 spiro atoms. The van der Waals surface area contributed by atoms with Gasteiger partial charge in [-0.3, -0.25) is 4.79 Å². The molecule has 1 atom stereocenters. The monoisotopic (exact) mass is 295 g/mol. The minimum absolute atomic E-state index is 0.149. The maximum absolute atomic E-state index is 12.5. The molecule has 0 bridgehead atoms. The summed E-state index contributed by atoms with van der Waals surface area (Å²) in [4.78, 5) is 16.1. The average molecular weight is 295 g/mol. The largest absolute Gasteiger partial charge is 0.339 e. The molecule has 0 N–H and O–H groups in total. The minimum Gasteiger partial charge on any atom is -0.339 e. The van der Waals surface area contributed by atoms with Crippen molar-refractivity contribution in [1.29, 1.82) is 0 Å². The number of fused-ring (bicyclic) bond motifs is 1. The standard InChI is InChI=1S/C16H17N5O/c22-16(12-19-9-5-13-3-1-2-4-15(13)19)20-10-6-14(11-20)21-17-7-8-18-21/h1-5,7-9,14H,6,10-12H2/t14-/m1/s1. The number of carbonyl (C=O) groups is 1. The van der Waals surface area contributed by atoms with Crippen molar-refractivity contribution in [3.8, 4) is 0 Å². The molecule has 4 rings (SSSR count). The number of nitrogens with zero attached hydrogens (tertiary/aromatic N) is 5. The van der Waals surface area contributed by atoms with Crippen LogP contribution in [0.2, 0.25) is 0 Å². The van der Waals surface area contributed by atoms with Gasteiger partial charge >= 0.3 is 0 Å². The van der Waals surface area contributed by atoms with Crippen molar-refractivity contribution in [3.63, 3.8) is 0 Å². The number of benzene rings is 1. The molecule has 6 nitrogen and oxygen atoms in total. The number of para-hydroxylation sites is 1. The number of hydrogen-bond acceptors (Lipinski definition) is 3. The molecule has 1 saturated heterocycles. The summed E-state index contributed by atoms with van der Waals surface area (Å²) < 4.78 is 2.01. The van der Waals surface area contributed by atoms with Crippen LogP contribution in [0, 0.1) is 0 Å². The lowest BCUT2D eigenvalue weighted by atomic mass is 10.2. The van der Waals surface area contributed by atoms with Crippen molar-refractivity contribution in [2.24, 2.45) is 0 Å². The summed E-state index contributed by atoms with van der Waals surface area (Å²) in [6.45, 7) is 1.84. The Labute approximate surface area is 127 Å². The van der Waals surface area contributed by atoms with Gasteiger partial charge in [-0.05, 0) is 23.9 Å². The van der Waals surface area contributed by atoms with E-state index in [1.54, 1.807) is 17.2 Å². The van der Waals surface area contributed by atoms with Gasteiger partial charge in [0.15, 0.2) is 0 Å². The molecule has 1 amide bonds. The summed E-state index contributed by atoms with van der Waals surface area (Å²) >= 11 is 0. The van der Waals surface area contributed by atoms with E-state index in [-0.39, 0.29) is 11.9 Å². The Morgan fingerprint density at radius 3 is 2.86 bits per heavy atom. The van der Waals surface area contributed by atoms with E-state index in [1.165, 1.54) is 0 Å². The van der Waals surface area contributed by atoms with Crippen LogP contribution in [0.15, 0.2) is 48.9 Å². The summed E-state index contributed by atoms with van der Waals surface area (Å²) in [6.07, 6.45) is 6.24. The Balaban J connectivity index is 1.47. The summed E-state index contributed by atoms with van der Waals surface area (Å²) in [5.41, 5.74) is 1.10. The van der Waals surface area contributed by atoms with Gasteiger partial charge in [0.05, 0.1) is 18.4 Å². The van der Waals surface area contributed by atoms with Crippen molar-refractivity contribution in [2.45, 2.75) is 19.0 Å². The third-order valence-electron chi connectivity index (χ3n) is 4.27. The summed E-state index contributed by atoms with van der Waals surface area (Å²) in [6, 6.07) is 10.4. The van der Waals surface area contributed by atoms with E-state index in [0.717, 1.165) is 23.9 Å². The zero-order valence-corrected chi connectivity index (χ0v) is 12.2. The molecule has 6 heteroatoms. The molecule has 0 aliphatic carbocycles. The summed E-state index contributed by atoms with van der Waals surface area (Å²) in [5, 5.41) is 9.50. The highest BCUT2D eigenvalue weighted by atomic mass is 16.2. The molecule has 3 aromatic rings. The fourth-order valence-corrected chi connectivity index (χ4v) is 3.10. The normalized spacial score (nSPS) is 18.2. The number of likely N-dealkylation sites (tertiary alicyclic amines) is 1. The first-order valence-corrected chi connectivity index (χ1v) is 7.49. The van der Waals surface area contributed by atoms with Crippen LogP contribution < -0.4 is 0 Å². The van der Waals surface area contributed by atoms with Crippen LogP contribution >= 0.6 is 0 Å². The maximum atomic E-state index is 12.5. The van der Waals surface area contributed by atoms with Gasteiger partial charge in [0.1, 0.15) is 6.54 Å². The summed E-state index contributed by atoms with van der Waals surface area (Å²) in [7, 11) is 0. The van der Waals surface area contributed by atoms with E-state index in [4.69, 9.17) is 0 Å². The number of hydrogen-bond donors (Lipinski definition) is 0. The van der Waals surface area contributed by atoms with Crippen LogP contribution in [0.5, 0.6) is 0 Å². The Hall–Kier alpha value is -2.63. The van der Waals surface area contributed by atoms with Crippen LogP contribution in [-0.4, -0.2) is 43.5 Å². The Morgan fingerprint density at radius 1 is 1.18 bits per heavy atom. The Morgan fingerprint density at radius 2 is 2.00 bits per heavy atom. The maximum Gasteiger partial charge on any atom is 0.242 e. The molecule has 0 radical (unpaired) electrons. The minimum atomic E-state index is 0.149. The van der Waals surface area contributed by atoms with Gasteiger partial charge in [0.25, 0.3) is 0 Å². The van der Waals surface area contributed by atoms with E-state index < -0.39 is 0 Å². The first kappa shape index (κ1) is 13.1. The van der Waals surface area contributed by atoms with Gasteiger partial charge in [-0.1, -0.05) is 18.2 Å². The molecule has 1 aromatic carbocycles.